The summed E-state index contributed by atoms with van der Waals surface area (Å²) < 4.78 is 13.8. The zero-order valence-corrected chi connectivity index (χ0v) is 9.50. The van der Waals surface area contributed by atoms with Gasteiger partial charge < -0.3 is 4.98 Å². The van der Waals surface area contributed by atoms with Gasteiger partial charge in [0.15, 0.2) is 0 Å². The summed E-state index contributed by atoms with van der Waals surface area (Å²) in [5.74, 6) is -0.184. The number of aryl methyl sites for hydroxylation is 1. The van der Waals surface area contributed by atoms with Crippen LogP contribution in [0, 0.1) is 12.7 Å². The van der Waals surface area contributed by atoms with Crippen molar-refractivity contribution in [1.29, 1.82) is 0 Å². The van der Waals surface area contributed by atoms with Crippen LogP contribution in [-0.4, -0.2) is 4.98 Å². The highest BCUT2D eigenvalue weighted by Gasteiger charge is 2.07. The van der Waals surface area contributed by atoms with Crippen LogP contribution >= 0.6 is 0 Å². The van der Waals surface area contributed by atoms with E-state index in [1.54, 1.807) is 6.07 Å². The Morgan fingerprint density at radius 2 is 1.82 bits per heavy atom. The lowest BCUT2D eigenvalue weighted by atomic mass is 10.1. The van der Waals surface area contributed by atoms with Crippen molar-refractivity contribution in [3.8, 4) is 11.3 Å². The Balaban J connectivity index is 2.20. The van der Waals surface area contributed by atoms with Gasteiger partial charge in [-0.05, 0) is 36.8 Å². The monoisotopic (exact) mass is 225 g/mol. The Hall–Kier alpha value is -2.09. The first-order valence-electron chi connectivity index (χ1n) is 5.58. The van der Waals surface area contributed by atoms with Crippen LogP contribution in [0.4, 0.5) is 4.39 Å². The largest absolute Gasteiger partial charge is 0.354 e. The lowest BCUT2D eigenvalue weighted by Gasteiger charge is -2.01. The molecular weight excluding hydrogens is 213 g/mol. The second-order valence-electron chi connectivity index (χ2n) is 4.25. The van der Waals surface area contributed by atoms with E-state index in [0.29, 0.717) is 5.56 Å². The molecule has 0 unspecified atom stereocenters. The Morgan fingerprint density at radius 3 is 2.59 bits per heavy atom. The van der Waals surface area contributed by atoms with Crippen LogP contribution in [0.15, 0.2) is 48.5 Å². The van der Waals surface area contributed by atoms with E-state index in [9.17, 15) is 4.39 Å². The molecule has 0 atom stereocenters. The number of hydrogen-bond acceptors (Lipinski definition) is 0. The van der Waals surface area contributed by atoms with E-state index in [-0.39, 0.29) is 5.82 Å². The lowest BCUT2D eigenvalue weighted by Crippen LogP contribution is -1.85. The maximum absolute atomic E-state index is 13.8. The summed E-state index contributed by atoms with van der Waals surface area (Å²) in [5.41, 5.74) is 3.40. The number of aromatic amines is 1. The summed E-state index contributed by atoms with van der Waals surface area (Å²) in [4.78, 5) is 3.23. The molecule has 0 saturated heterocycles. The number of hydrogen-bond donors (Lipinski definition) is 1. The van der Waals surface area contributed by atoms with Gasteiger partial charge in [-0.1, -0.05) is 24.3 Å². The van der Waals surface area contributed by atoms with Crippen LogP contribution < -0.4 is 0 Å². The SMILES string of the molecule is Cc1ccc(-c2cc3ccccc3[nH]2)c(F)c1. The van der Waals surface area contributed by atoms with Gasteiger partial charge in [-0.2, -0.15) is 0 Å². The summed E-state index contributed by atoms with van der Waals surface area (Å²) >= 11 is 0. The van der Waals surface area contributed by atoms with E-state index in [4.69, 9.17) is 0 Å². The highest BCUT2D eigenvalue weighted by molar-refractivity contribution is 5.85. The van der Waals surface area contributed by atoms with Gasteiger partial charge in [0.1, 0.15) is 5.82 Å². The molecule has 0 aliphatic carbocycles. The predicted octanol–water partition coefficient (Wildman–Crippen LogP) is 4.28. The van der Waals surface area contributed by atoms with Gasteiger partial charge in [0.2, 0.25) is 0 Å². The van der Waals surface area contributed by atoms with Gasteiger partial charge >= 0.3 is 0 Å². The average molecular weight is 225 g/mol. The molecule has 0 aliphatic heterocycles. The quantitative estimate of drug-likeness (QED) is 0.636. The molecule has 0 amide bonds. The zero-order chi connectivity index (χ0) is 11.8. The van der Waals surface area contributed by atoms with Crippen LogP contribution in [0.3, 0.4) is 0 Å². The molecule has 1 aromatic heterocycles. The second-order valence-corrected chi connectivity index (χ2v) is 4.25. The van der Waals surface area contributed by atoms with Gasteiger partial charge in [-0.25, -0.2) is 4.39 Å². The minimum Gasteiger partial charge on any atom is -0.354 e. The van der Waals surface area contributed by atoms with E-state index >= 15 is 0 Å². The fraction of sp³-hybridized carbons (Fsp3) is 0.0667. The second kappa shape index (κ2) is 3.74. The molecule has 0 bridgehead atoms. The molecule has 84 valence electrons. The molecule has 17 heavy (non-hydrogen) atoms. The summed E-state index contributed by atoms with van der Waals surface area (Å²) in [7, 11) is 0. The fourth-order valence-electron chi connectivity index (χ4n) is 2.06. The number of nitrogens with one attached hydrogen (secondary N) is 1. The minimum atomic E-state index is -0.184. The van der Waals surface area contributed by atoms with Crippen molar-refractivity contribution in [3.05, 3.63) is 59.9 Å². The van der Waals surface area contributed by atoms with Crippen molar-refractivity contribution in [3.63, 3.8) is 0 Å². The van der Waals surface area contributed by atoms with E-state index < -0.39 is 0 Å². The molecule has 1 heterocycles. The highest BCUT2D eigenvalue weighted by Crippen LogP contribution is 2.26. The summed E-state index contributed by atoms with van der Waals surface area (Å²) in [6, 6.07) is 15.2. The zero-order valence-electron chi connectivity index (χ0n) is 9.50. The molecular formula is C15H12FN. The third-order valence-electron chi connectivity index (χ3n) is 2.94. The van der Waals surface area contributed by atoms with E-state index in [0.717, 1.165) is 22.2 Å². The topological polar surface area (TPSA) is 15.8 Å². The van der Waals surface area contributed by atoms with E-state index in [2.05, 4.69) is 4.98 Å². The summed E-state index contributed by atoms with van der Waals surface area (Å²) in [6.45, 7) is 1.89. The first-order valence-corrected chi connectivity index (χ1v) is 5.58. The molecule has 0 fully saturated rings. The lowest BCUT2D eigenvalue weighted by molar-refractivity contribution is 0.629. The van der Waals surface area contributed by atoms with E-state index in [1.165, 1.54) is 0 Å². The summed E-state index contributed by atoms with van der Waals surface area (Å²) in [5, 5.41) is 1.10. The van der Waals surface area contributed by atoms with Crippen molar-refractivity contribution in [2.45, 2.75) is 6.92 Å². The van der Waals surface area contributed by atoms with E-state index in [1.807, 2.05) is 49.4 Å². The van der Waals surface area contributed by atoms with Crippen molar-refractivity contribution >= 4 is 10.9 Å². The summed E-state index contributed by atoms with van der Waals surface area (Å²) in [6.07, 6.45) is 0. The number of aromatic nitrogens is 1. The van der Waals surface area contributed by atoms with Crippen molar-refractivity contribution in [1.82, 2.24) is 4.98 Å². The normalized spacial score (nSPS) is 10.9. The molecule has 3 aromatic rings. The standard InChI is InChI=1S/C15H12FN/c1-10-6-7-12(13(16)8-10)15-9-11-4-2-3-5-14(11)17-15/h2-9,17H,1H3. The molecule has 1 N–H and O–H groups in total. The van der Waals surface area contributed by atoms with Crippen LogP contribution in [0.1, 0.15) is 5.56 Å². The molecule has 0 spiro atoms. The number of rotatable bonds is 1. The van der Waals surface area contributed by atoms with Crippen molar-refractivity contribution < 1.29 is 4.39 Å². The maximum atomic E-state index is 13.8. The van der Waals surface area contributed by atoms with Crippen LogP contribution in [0.2, 0.25) is 0 Å². The first kappa shape index (κ1) is 10.1. The Kier molecular flexibility index (Phi) is 2.22. The van der Waals surface area contributed by atoms with Crippen LogP contribution in [0.5, 0.6) is 0 Å². The molecule has 3 rings (SSSR count). The van der Waals surface area contributed by atoms with Crippen LogP contribution in [0.25, 0.3) is 22.2 Å². The van der Waals surface area contributed by atoms with Crippen LogP contribution in [-0.2, 0) is 0 Å². The third-order valence-corrected chi connectivity index (χ3v) is 2.94. The van der Waals surface area contributed by atoms with Gasteiger partial charge in [0.05, 0.1) is 0 Å². The first-order chi connectivity index (χ1) is 8.24. The average Bonchev–Trinajstić information content (AvgIpc) is 2.72. The molecule has 2 aromatic carbocycles. The highest BCUT2D eigenvalue weighted by atomic mass is 19.1. The predicted molar refractivity (Wildman–Crippen MR) is 68.4 cm³/mol. The Morgan fingerprint density at radius 1 is 1.00 bits per heavy atom. The third kappa shape index (κ3) is 1.72. The van der Waals surface area contributed by atoms with Gasteiger partial charge in [0.25, 0.3) is 0 Å². The minimum absolute atomic E-state index is 0.184. The molecule has 2 heteroatoms. The molecule has 0 saturated carbocycles. The van der Waals surface area contributed by atoms with Gasteiger partial charge in [-0.15, -0.1) is 0 Å². The number of H-pyrrole nitrogens is 1. The number of fused-ring (bicyclic) bond motifs is 1. The van der Waals surface area contributed by atoms with Gasteiger partial charge in [-0.3, -0.25) is 0 Å². The molecule has 0 radical (unpaired) electrons. The van der Waals surface area contributed by atoms with Crippen molar-refractivity contribution in [2.75, 3.05) is 0 Å². The maximum Gasteiger partial charge on any atom is 0.132 e. The number of halogens is 1. The fourth-order valence-corrected chi connectivity index (χ4v) is 2.06. The number of benzene rings is 2. The molecule has 1 nitrogen and oxygen atoms in total. The Bertz CT molecular complexity index is 649. The Labute approximate surface area is 98.9 Å². The molecule has 0 aliphatic rings. The number of para-hydroxylation sites is 1. The van der Waals surface area contributed by atoms with Crippen molar-refractivity contribution in [2.24, 2.45) is 0 Å². The van der Waals surface area contributed by atoms with Gasteiger partial charge in [0, 0.05) is 22.2 Å². The smallest absolute Gasteiger partial charge is 0.132 e.